The maximum atomic E-state index is 12.7. The molecule has 1 heterocycles. The Balaban J connectivity index is 1.29. The summed E-state index contributed by atoms with van der Waals surface area (Å²) in [5.74, 6) is 2.03. The molecule has 3 amide bonds. The molecular weight excluding hydrogens is 408 g/mol. The van der Waals surface area contributed by atoms with Crippen LogP contribution in [-0.4, -0.2) is 47.1 Å². The maximum absolute atomic E-state index is 12.7. The Kier molecular flexibility index (Phi) is 7.14. The Bertz CT molecular complexity index is 893. The minimum Gasteiger partial charge on any atom is -0.335 e. The lowest BCUT2D eigenvalue weighted by molar-refractivity contribution is -0.132. The van der Waals surface area contributed by atoms with Crippen molar-refractivity contribution >= 4 is 29.4 Å². The van der Waals surface area contributed by atoms with Gasteiger partial charge in [-0.2, -0.15) is 0 Å². The predicted octanol–water partition coefficient (Wildman–Crippen LogP) is 3.89. The highest BCUT2D eigenvalue weighted by molar-refractivity contribution is 7.99. The number of rotatable bonds is 5. The van der Waals surface area contributed by atoms with Gasteiger partial charge in [-0.1, -0.05) is 48.5 Å². The van der Waals surface area contributed by atoms with Crippen LogP contribution in [0.2, 0.25) is 0 Å². The van der Waals surface area contributed by atoms with E-state index >= 15 is 0 Å². The number of nitrogens with one attached hydrogen (secondary N) is 2. The van der Waals surface area contributed by atoms with Gasteiger partial charge in [0.05, 0.1) is 17.6 Å². The third-order valence-corrected chi connectivity index (χ3v) is 7.19. The molecule has 0 radical (unpaired) electrons. The molecule has 1 aliphatic heterocycles. The second-order valence-electron chi connectivity index (χ2n) is 8.29. The van der Waals surface area contributed by atoms with Crippen LogP contribution in [0.1, 0.15) is 25.7 Å². The Morgan fingerprint density at radius 3 is 2.42 bits per heavy atom. The number of carbonyl (C=O) groups is 2. The van der Waals surface area contributed by atoms with Crippen molar-refractivity contribution in [3.8, 4) is 11.1 Å². The second-order valence-corrected chi connectivity index (χ2v) is 9.36. The lowest BCUT2D eigenvalue weighted by Crippen LogP contribution is -2.49. The van der Waals surface area contributed by atoms with E-state index < -0.39 is 6.04 Å². The molecule has 2 aromatic carbocycles. The van der Waals surface area contributed by atoms with Gasteiger partial charge in [0.1, 0.15) is 0 Å². The summed E-state index contributed by atoms with van der Waals surface area (Å²) in [5, 5.41) is 6.11. The lowest BCUT2D eigenvalue weighted by atomic mass is 9.81. The minimum absolute atomic E-state index is 0.0803. The molecule has 4 N–H and O–H groups in total. The molecule has 0 bridgehead atoms. The highest BCUT2D eigenvalue weighted by atomic mass is 32.2. The largest absolute Gasteiger partial charge is 0.335 e. The fourth-order valence-corrected chi connectivity index (χ4v) is 5.38. The molecule has 1 saturated carbocycles. The number of hydrogen-bond donors (Lipinski definition) is 3. The summed E-state index contributed by atoms with van der Waals surface area (Å²) in [6, 6.07) is 17.3. The number of nitrogens with two attached hydrogens (primary N) is 1. The van der Waals surface area contributed by atoms with Crippen LogP contribution in [0.25, 0.3) is 11.1 Å². The summed E-state index contributed by atoms with van der Waals surface area (Å²) in [6.45, 7) is 0.804. The van der Waals surface area contributed by atoms with Crippen molar-refractivity contribution in [2.75, 3.05) is 23.5 Å². The van der Waals surface area contributed by atoms with E-state index in [0.717, 1.165) is 60.7 Å². The summed E-state index contributed by atoms with van der Waals surface area (Å²) in [7, 11) is 0. The van der Waals surface area contributed by atoms with E-state index in [1.807, 2.05) is 59.5 Å². The average Bonchev–Trinajstić information content (AvgIpc) is 3.34. The zero-order valence-electron chi connectivity index (χ0n) is 17.6. The van der Waals surface area contributed by atoms with Crippen LogP contribution in [0.15, 0.2) is 54.6 Å². The summed E-state index contributed by atoms with van der Waals surface area (Å²) >= 11 is 1.78. The molecule has 0 spiro atoms. The van der Waals surface area contributed by atoms with Gasteiger partial charge >= 0.3 is 6.03 Å². The number of carbonyl (C=O) groups excluding carboxylic acids is 2. The average molecular weight is 439 g/mol. The van der Waals surface area contributed by atoms with E-state index in [-0.39, 0.29) is 23.9 Å². The van der Waals surface area contributed by atoms with E-state index in [4.69, 9.17) is 5.73 Å². The van der Waals surface area contributed by atoms with E-state index in [1.54, 1.807) is 11.8 Å². The monoisotopic (exact) mass is 438 g/mol. The first-order valence-corrected chi connectivity index (χ1v) is 12.1. The van der Waals surface area contributed by atoms with Gasteiger partial charge in [-0.25, -0.2) is 4.79 Å². The third-order valence-electron chi connectivity index (χ3n) is 6.22. The lowest BCUT2D eigenvalue weighted by Gasteiger charge is -2.33. The molecule has 6 nitrogen and oxygen atoms in total. The summed E-state index contributed by atoms with van der Waals surface area (Å²) in [6.07, 6.45) is 3.40. The van der Waals surface area contributed by atoms with Gasteiger partial charge in [-0.3, -0.25) is 4.79 Å². The number of amides is 3. The SMILES string of the molecule is NC(C(=O)N1CCSC1)C1CCC(NC(=O)Nc2ccccc2-c2ccccc2)CC1. The van der Waals surface area contributed by atoms with Crippen LogP contribution in [0, 0.1) is 5.92 Å². The first-order valence-electron chi connectivity index (χ1n) is 11.0. The van der Waals surface area contributed by atoms with Crippen molar-refractivity contribution in [1.29, 1.82) is 0 Å². The van der Waals surface area contributed by atoms with E-state index in [9.17, 15) is 9.59 Å². The van der Waals surface area contributed by atoms with Crippen molar-refractivity contribution < 1.29 is 9.59 Å². The topological polar surface area (TPSA) is 87.5 Å². The zero-order valence-corrected chi connectivity index (χ0v) is 18.4. The molecule has 1 unspecified atom stereocenters. The first kappa shape index (κ1) is 21.7. The smallest absolute Gasteiger partial charge is 0.319 e. The number of thioether (sulfide) groups is 1. The van der Waals surface area contributed by atoms with Crippen LogP contribution >= 0.6 is 11.8 Å². The maximum Gasteiger partial charge on any atom is 0.319 e. The Morgan fingerprint density at radius 1 is 1.00 bits per heavy atom. The zero-order chi connectivity index (χ0) is 21.6. The van der Waals surface area contributed by atoms with Crippen molar-refractivity contribution in [2.45, 2.75) is 37.8 Å². The number of para-hydroxylation sites is 1. The molecule has 2 aliphatic rings. The molecule has 164 valence electrons. The van der Waals surface area contributed by atoms with Gasteiger partial charge < -0.3 is 21.3 Å². The van der Waals surface area contributed by atoms with Gasteiger partial charge in [-0.15, -0.1) is 11.8 Å². The summed E-state index contributed by atoms with van der Waals surface area (Å²) in [5.41, 5.74) is 9.14. The number of hydrogen-bond acceptors (Lipinski definition) is 4. The van der Waals surface area contributed by atoms with E-state index in [0.29, 0.717) is 0 Å². The van der Waals surface area contributed by atoms with Crippen molar-refractivity contribution in [3.05, 3.63) is 54.6 Å². The first-order chi connectivity index (χ1) is 15.1. The number of nitrogens with zero attached hydrogens (tertiary/aromatic N) is 1. The van der Waals surface area contributed by atoms with Crippen LogP contribution in [0.4, 0.5) is 10.5 Å². The molecule has 7 heteroatoms. The quantitative estimate of drug-likeness (QED) is 0.661. The Hall–Kier alpha value is -2.51. The van der Waals surface area contributed by atoms with Crippen LogP contribution < -0.4 is 16.4 Å². The highest BCUT2D eigenvalue weighted by Crippen LogP contribution is 2.29. The van der Waals surface area contributed by atoms with Crippen LogP contribution in [0.5, 0.6) is 0 Å². The van der Waals surface area contributed by atoms with E-state index in [1.165, 1.54) is 0 Å². The molecule has 2 fully saturated rings. The molecule has 1 aliphatic carbocycles. The van der Waals surface area contributed by atoms with Crippen LogP contribution in [-0.2, 0) is 4.79 Å². The van der Waals surface area contributed by atoms with Gasteiger partial charge in [0.2, 0.25) is 5.91 Å². The number of urea groups is 1. The molecule has 4 rings (SSSR count). The molecule has 2 aromatic rings. The third kappa shape index (κ3) is 5.40. The van der Waals surface area contributed by atoms with Gasteiger partial charge in [-0.05, 0) is 43.2 Å². The normalized spacial score (nSPS) is 22.0. The number of benzene rings is 2. The standard InChI is InChI=1S/C24H30N4O2S/c25-22(23(29)28-14-15-31-16-28)18-10-12-19(13-11-18)26-24(30)27-21-9-5-4-8-20(21)17-6-2-1-3-7-17/h1-9,18-19,22H,10-16,25H2,(H2,26,27,30). The fourth-order valence-electron chi connectivity index (χ4n) is 4.43. The van der Waals surface area contributed by atoms with Gasteiger partial charge in [0.25, 0.3) is 0 Å². The summed E-state index contributed by atoms with van der Waals surface area (Å²) in [4.78, 5) is 27.1. The molecule has 0 aromatic heterocycles. The molecule has 1 atom stereocenters. The Labute approximate surface area is 188 Å². The van der Waals surface area contributed by atoms with Crippen molar-refractivity contribution in [3.63, 3.8) is 0 Å². The van der Waals surface area contributed by atoms with Crippen molar-refractivity contribution in [2.24, 2.45) is 11.7 Å². The van der Waals surface area contributed by atoms with Gasteiger partial charge in [0.15, 0.2) is 0 Å². The van der Waals surface area contributed by atoms with E-state index in [2.05, 4.69) is 10.6 Å². The molecule has 31 heavy (non-hydrogen) atoms. The Morgan fingerprint density at radius 2 is 1.71 bits per heavy atom. The van der Waals surface area contributed by atoms with Crippen LogP contribution in [0.3, 0.4) is 0 Å². The van der Waals surface area contributed by atoms with Crippen molar-refractivity contribution in [1.82, 2.24) is 10.2 Å². The minimum atomic E-state index is -0.425. The second kappa shape index (κ2) is 10.2. The molecule has 1 saturated heterocycles. The van der Waals surface area contributed by atoms with Gasteiger partial charge in [0, 0.05) is 23.9 Å². The summed E-state index contributed by atoms with van der Waals surface area (Å²) < 4.78 is 0. The predicted molar refractivity (Wildman–Crippen MR) is 127 cm³/mol. The highest BCUT2D eigenvalue weighted by Gasteiger charge is 2.33. The fraction of sp³-hybridized carbons (Fsp3) is 0.417. The number of anilines is 1. The molecular formula is C24H30N4O2S.